The van der Waals surface area contributed by atoms with Crippen LogP contribution in [0.3, 0.4) is 0 Å². The van der Waals surface area contributed by atoms with Gasteiger partial charge in [0.25, 0.3) is 0 Å². The summed E-state index contributed by atoms with van der Waals surface area (Å²) in [6.07, 6.45) is 1.97. The molecular weight excluding hydrogens is 271 g/mol. The highest BCUT2D eigenvalue weighted by Gasteiger charge is 2.35. The van der Waals surface area contributed by atoms with Crippen LogP contribution in [0.15, 0.2) is 24.3 Å². The number of rotatable bonds is 5. The number of nitrogens with one attached hydrogen (secondary N) is 1. The normalized spacial score (nSPS) is 18.4. The molecule has 0 aliphatic carbocycles. The molecule has 1 atom stereocenters. The SMILES string of the molecule is CCC(CC)NC(=O)C1CC(=O)N(c2ccc(F)cc2)C1. The third-order valence-electron chi connectivity index (χ3n) is 3.97. The Labute approximate surface area is 124 Å². The molecule has 114 valence electrons. The van der Waals surface area contributed by atoms with E-state index in [0.717, 1.165) is 12.8 Å². The first-order chi connectivity index (χ1) is 10.0. The van der Waals surface area contributed by atoms with Gasteiger partial charge in [-0.2, -0.15) is 0 Å². The molecule has 1 aromatic rings. The van der Waals surface area contributed by atoms with Crippen LogP contribution in [0.25, 0.3) is 0 Å². The van der Waals surface area contributed by atoms with Gasteiger partial charge in [-0.25, -0.2) is 4.39 Å². The third kappa shape index (κ3) is 3.60. The fourth-order valence-electron chi connectivity index (χ4n) is 2.57. The predicted molar refractivity (Wildman–Crippen MR) is 79.4 cm³/mol. The van der Waals surface area contributed by atoms with Crippen molar-refractivity contribution < 1.29 is 14.0 Å². The number of hydrogen-bond donors (Lipinski definition) is 1. The standard InChI is InChI=1S/C16H21FN2O2/c1-3-13(4-2)18-16(21)11-9-15(20)19(10-11)14-7-5-12(17)6-8-14/h5-8,11,13H,3-4,9-10H2,1-2H3,(H,18,21). The number of anilines is 1. The fraction of sp³-hybridized carbons (Fsp3) is 0.500. The van der Waals surface area contributed by atoms with Crippen LogP contribution in [0, 0.1) is 11.7 Å². The van der Waals surface area contributed by atoms with Gasteiger partial charge in [0.05, 0.1) is 5.92 Å². The third-order valence-corrected chi connectivity index (χ3v) is 3.97. The molecule has 2 rings (SSSR count). The molecule has 1 aliphatic heterocycles. The van der Waals surface area contributed by atoms with Crippen LogP contribution in [0.1, 0.15) is 33.1 Å². The summed E-state index contributed by atoms with van der Waals surface area (Å²) in [7, 11) is 0. The van der Waals surface area contributed by atoms with Crippen LogP contribution in [-0.2, 0) is 9.59 Å². The summed E-state index contributed by atoms with van der Waals surface area (Å²) >= 11 is 0. The van der Waals surface area contributed by atoms with Crippen LogP contribution in [0.5, 0.6) is 0 Å². The Kier molecular flexibility index (Phi) is 4.94. The zero-order chi connectivity index (χ0) is 15.4. The Bertz CT molecular complexity index is 512. The van der Waals surface area contributed by atoms with E-state index in [0.29, 0.717) is 12.2 Å². The van der Waals surface area contributed by atoms with Gasteiger partial charge in [-0.05, 0) is 37.1 Å². The van der Waals surface area contributed by atoms with Crippen molar-refractivity contribution in [2.24, 2.45) is 5.92 Å². The molecule has 1 aliphatic rings. The van der Waals surface area contributed by atoms with E-state index in [1.165, 1.54) is 12.1 Å². The van der Waals surface area contributed by atoms with Gasteiger partial charge in [-0.15, -0.1) is 0 Å². The number of hydrogen-bond acceptors (Lipinski definition) is 2. The lowest BCUT2D eigenvalue weighted by atomic mass is 10.1. The van der Waals surface area contributed by atoms with Crippen LogP contribution in [-0.4, -0.2) is 24.4 Å². The summed E-state index contributed by atoms with van der Waals surface area (Å²) in [5.74, 6) is -0.829. The van der Waals surface area contributed by atoms with Crippen LogP contribution < -0.4 is 10.2 Å². The van der Waals surface area contributed by atoms with E-state index < -0.39 is 0 Å². The van der Waals surface area contributed by atoms with E-state index in [1.807, 2.05) is 13.8 Å². The van der Waals surface area contributed by atoms with Gasteiger partial charge in [0.2, 0.25) is 11.8 Å². The number of carbonyl (C=O) groups is 2. The molecule has 21 heavy (non-hydrogen) atoms. The minimum Gasteiger partial charge on any atom is -0.353 e. The van der Waals surface area contributed by atoms with Crippen molar-refractivity contribution in [3.05, 3.63) is 30.1 Å². The van der Waals surface area contributed by atoms with Gasteiger partial charge in [0.15, 0.2) is 0 Å². The summed E-state index contributed by atoms with van der Waals surface area (Å²) in [6.45, 7) is 4.41. The average molecular weight is 292 g/mol. The molecule has 0 bridgehead atoms. The van der Waals surface area contributed by atoms with E-state index >= 15 is 0 Å². The van der Waals surface area contributed by atoms with Gasteiger partial charge in [-0.1, -0.05) is 13.8 Å². The van der Waals surface area contributed by atoms with Crippen molar-refractivity contribution in [1.82, 2.24) is 5.32 Å². The van der Waals surface area contributed by atoms with E-state index in [1.54, 1.807) is 17.0 Å². The lowest BCUT2D eigenvalue weighted by Gasteiger charge is -2.19. The maximum atomic E-state index is 12.9. The van der Waals surface area contributed by atoms with Crippen molar-refractivity contribution >= 4 is 17.5 Å². The number of benzene rings is 1. The van der Waals surface area contributed by atoms with Gasteiger partial charge in [0, 0.05) is 24.7 Å². The van der Waals surface area contributed by atoms with Gasteiger partial charge >= 0.3 is 0 Å². The quantitative estimate of drug-likeness (QED) is 0.906. The Morgan fingerprint density at radius 1 is 1.33 bits per heavy atom. The highest BCUT2D eigenvalue weighted by Crippen LogP contribution is 2.25. The first-order valence-electron chi connectivity index (χ1n) is 7.41. The second-order valence-electron chi connectivity index (χ2n) is 5.40. The molecule has 1 fully saturated rings. The van der Waals surface area contributed by atoms with Crippen LogP contribution in [0.4, 0.5) is 10.1 Å². The number of amides is 2. The lowest BCUT2D eigenvalue weighted by molar-refractivity contribution is -0.127. The first kappa shape index (κ1) is 15.5. The van der Waals surface area contributed by atoms with Crippen molar-refractivity contribution in [3.63, 3.8) is 0 Å². The minimum absolute atomic E-state index is 0.0679. The zero-order valence-electron chi connectivity index (χ0n) is 12.4. The zero-order valence-corrected chi connectivity index (χ0v) is 12.4. The first-order valence-corrected chi connectivity index (χ1v) is 7.41. The summed E-state index contributed by atoms with van der Waals surface area (Å²) < 4.78 is 12.9. The molecular formula is C16H21FN2O2. The number of carbonyl (C=O) groups excluding carboxylic acids is 2. The summed E-state index contributed by atoms with van der Waals surface area (Å²) in [6, 6.07) is 5.93. The largest absolute Gasteiger partial charge is 0.353 e. The molecule has 1 N–H and O–H groups in total. The second kappa shape index (κ2) is 6.70. The minimum atomic E-state index is -0.339. The molecule has 0 radical (unpaired) electrons. The second-order valence-corrected chi connectivity index (χ2v) is 5.40. The highest BCUT2D eigenvalue weighted by atomic mass is 19.1. The monoisotopic (exact) mass is 292 g/mol. The summed E-state index contributed by atoms with van der Waals surface area (Å²) in [5, 5.41) is 2.98. The Hall–Kier alpha value is -1.91. The molecule has 1 saturated heterocycles. The van der Waals surface area contributed by atoms with Gasteiger partial charge in [-0.3, -0.25) is 9.59 Å². The molecule has 0 saturated carbocycles. The van der Waals surface area contributed by atoms with Crippen molar-refractivity contribution in [1.29, 1.82) is 0 Å². The average Bonchev–Trinajstić information content (AvgIpc) is 2.87. The molecule has 0 spiro atoms. The number of nitrogens with zero attached hydrogens (tertiary/aromatic N) is 1. The molecule has 1 aromatic carbocycles. The Balaban J connectivity index is 2.02. The maximum absolute atomic E-state index is 12.9. The van der Waals surface area contributed by atoms with E-state index in [-0.39, 0.29) is 36.0 Å². The molecule has 1 unspecified atom stereocenters. The van der Waals surface area contributed by atoms with Crippen LogP contribution in [0.2, 0.25) is 0 Å². The molecule has 4 nitrogen and oxygen atoms in total. The topological polar surface area (TPSA) is 49.4 Å². The smallest absolute Gasteiger partial charge is 0.227 e. The molecule has 2 amide bonds. The van der Waals surface area contributed by atoms with Crippen molar-refractivity contribution in [2.75, 3.05) is 11.4 Å². The summed E-state index contributed by atoms with van der Waals surface area (Å²) in [5.41, 5.74) is 0.638. The van der Waals surface area contributed by atoms with Gasteiger partial charge in [0.1, 0.15) is 5.82 Å². The Morgan fingerprint density at radius 2 is 1.95 bits per heavy atom. The predicted octanol–water partition coefficient (Wildman–Crippen LogP) is 2.48. The molecule has 0 aromatic heterocycles. The number of halogens is 1. The van der Waals surface area contributed by atoms with Crippen molar-refractivity contribution in [3.8, 4) is 0 Å². The molecule has 1 heterocycles. The summed E-state index contributed by atoms with van der Waals surface area (Å²) in [4.78, 5) is 25.8. The Morgan fingerprint density at radius 3 is 2.52 bits per heavy atom. The van der Waals surface area contributed by atoms with E-state index in [9.17, 15) is 14.0 Å². The molecule has 5 heteroatoms. The van der Waals surface area contributed by atoms with Crippen LogP contribution >= 0.6 is 0 Å². The lowest BCUT2D eigenvalue weighted by Crippen LogP contribution is -2.39. The van der Waals surface area contributed by atoms with E-state index in [4.69, 9.17) is 0 Å². The van der Waals surface area contributed by atoms with Crippen molar-refractivity contribution in [2.45, 2.75) is 39.2 Å². The maximum Gasteiger partial charge on any atom is 0.227 e. The highest BCUT2D eigenvalue weighted by molar-refractivity contribution is 6.00. The van der Waals surface area contributed by atoms with Gasteiger partial charge < -0.3 is 10.2 Å². The fourth-order valence-corrected chi connectivity index (χ4v) is 2.57. The van der Waals surface area contributed by atoms with E-state index in [2.05, 4.69) is 5.32 Å².